The highest BCUT2D eigenvalue weighted by molar-refractivity contribution is 5.94. The summed E-state index contributed by atoms with van der Waals surface area (Å²) in [6.45, 7) is 3.75. The summed E-state index contributed by atoms with van der Waals surface area (Å²) in [6.07, 6.45) is 6.71. The molecule has 0 aromatic carbocycles. The molecule has 1 spiro atoms. The average molecular weight is 282 g/mol. The maximum absolute atomic E-state index is 11.7. The van der Waals surface area contributed by atoms with E-state index < -0.39 is 6.03 Å². The lowest BCUT2D eigenvalue weighted by molar-refractivity contribution is -0.120. The molecule has 2 fully saturated rings. The second-order valence-electron chi connectivity index (χ2n) is 5.83. The number of piperazine rings is 1. The number of carbonyl (C=O) groups is 2. The van der Waals surface area contributed by atoms with Crippen molar-refractivity contribution in [3.05, 3.63) is 0 Å². The molecule has 1 saturated carbocycles. The van der Waals surface area contributed by atoms with Gasteiger partial charge in [-0.25, -0.2) is 4.79 Å². The van der Waals surface area contributed by atoms with Crippen LogP contribution in [0.25, 0.3) is 0 Å². The molecule has 0 radical (unpaired) electrons. The first kappa shape index (κ1) is 15.3. The zero-order valence-corrected chi connectivity index (χ0v) is 12.3. The number of rotatable bonds is 3. The number of nitrogens with one attached hydrogen (secondary N) is 3. The van der Waals surface area contributed by atoms with Gasteiger partial charge in [0, 0.05) is 45.2 Å². The van der Waals surface area contributed by atoms with Crippen molar-refractivity contribution in [2.45, 2.75) is 44.1 Å². The number of urea groups is 1. The summed E-state index contributed by atoms with van der Waals surface area (Å²) in [6, 6.07) is -0.428. The van der Waals surface area contributed by atoms with E-state index in [1.54, 1.807) is 0 Å². The highest BCUT2D eigenvalue weighted by Gasteiger charge is 2.39. The third kappa shape index (κ3) is 3.70. The van der Waals surface area contributed by atoms with Gasteiger partial charge in [-0.1, -0.05) is 19.3 Å². The third-order valence-corrected chi connectivity index (χ3v) is 4.56. The quantitative estimate of drug-likeness (QED) is 0.702. The first-order chi connectivity index (χ1) is 9.66. The predicted octanol–water partition coefficient (Wildman–Crippen LogP) is 0.440. The number of hydrogen-bond donors (Lipinski definition) is 3. The van der Waals surface area contributed by atoms with E-state index in [9.17, 15) is 9.59 Å². The number of amides is 3. The molecule has 0 bridgehead atoms. The average Bonchev–Trinajstić information content (AvgIpc) is 2.47. The minimum absolute atomic E-state index is 0.200. The Kier molecular flexibility index (Phi) is 5.37. The molecule has 2 aliphatic rings. The van der Waals surface area contributed by atoms with Crippen LogP contribution >= 0.6 is 0 Å². The second-order valence-corrected chi connectivity index (χ2v) is 5.83. The molecule has 0 aromatic heterocycles. The van der Waals surface area contributed by atoms with Crippen LogP contribution in [0.5, 0.6) is 0 Å². The van der Waals surface area contributed by atoms with E-state index in [-0.39, 0.29) is 11.4 Å². The van der Waals surface area contributed by atoms with Crippen LogP contribution in [0.1, 0.15) is 38.5 Å². The lowest BCUT2D eigenvalue weighted by Crippen LogP contribution is -2.62. The highest BCUT2D eigenvalue weighted by atomic mass is 16.2. The molecule has 1 heterocycles. The first-order valence-corrected chi connectivity index (χ1v) is 7.64. The number of hydrogen-bond acceptors (Lipinski definition) is 4. The molecule has 1 aliphatic heterocycles. The van der Waals surface area contributed by atoms with Crippen LogP contribution in [0.3, 0.4) is 0 Å². The zero-order valence-electron chi connectivity index (χ0n) is 12.3. The van der Waals surface area contributed by atoms with Gasteiger partial charge in [-0.05, 0) is 12.8 Å². The lowest BCUT2D eigenvalue weighted by atomic mass is 9.79. The third-order valence-electron chi connectivity index (χ3n) is 4.56. The topological polar surface area (TPSA) is 73.5 Å². The van der Waals surface area contributed by atoms with Crippen LogP contribution in [0.2, 0.25) is 0 Å². The summed E-state index contributed by atoms with van der Waals surface area (Å²) in [4.78, 5) is 25.3. The van der Waals surface area contributed by atoms with Gasteiger partial charge in [-0.3, -0.25) is 15.0 Å². The van der Waals surface area contributed by atoms with Gasteiger partial charge in [0.05, 0.1) is 0 Å². The Bertz CT molecular complexity index is 345. The molecule has 6 heteroatoms. The summed E-state index contributed by atoms with van der Waals surface area (Å²) < 4.78 is 0. The SMILES string of the molecule is CNC(=O)NC(=O)CCN1CCNCC12CCCCC2. The van der Waals surface area contributed by atoms with Crippen molar-refractivity contribution in [3.8, 4) is 0 Å². The van der Waals surface area contributed by atoms with Crippen LogP contribution in [0, 0.1) is 0 Å². The van der Waals surface area contributed by atoms with E-state index in [0.717, 1.165) is 26.2 Å². The minimum atomic E-state index is -0.428. The summed E-state index contributed by atoms with van der Waals surface area (Å²) >= 11 is 0. The second kappa shape index (κ2) is 7.04. The van der Waals surface area contributed by atoms with Crippen LogP contribution in [0.4, 0.5) is 4.79 Å². The fourth-order valence-electron chi connectivity index (χ4n) is 3.42. The van der Waals surface area contributed by atoms with Crippen molar-refractivity contribution in [3.63, 3.8) is 0 Å². The van der Waals surface area contributed by atoms with Gasteiger partial charge < -0.3 is 10.6 Å². The minimum Gasteiger partial charge on any atom is -0.341 e. The highest BCUT2D eigenvalue weighted by Crippen LogP contribution is 2.34. The molecule has 2 rings (SSSR count). The van der Waals surface area contributed by atoms with Crippen LogP contribution in [0.15, 0.2) is 0 Å². The number of imide groups is 1. The van der Waals surface area contributed by atoms with E-state index >= 15 is 0 Å². The molecule has 0 unspecified atom stereocenters. The summed E-state index contributed by atoms with van der Waals surface area (Å²) in [5, 5.41) is 8.22. The molecular formula is C14H26N4O2. The summed E-state index contributed by atoms with van der Waals surface area (Å²) in [5.41, 5.74) is 0.240. The molecule has 0 atom stereocenters. The Balaban J connectivity index is 1.86. The van der Waals surface area contributed by atoms with Gasteiger partial charge in [0.2, 0.25) is 5.91 Å². The van der Waals surface area contributed by atoms with Gasteiger partial charge in [0.25, 0.3) is 0 Å². The molecule has 1 saturated heterocycles. The van der Waals surface area contributed by atoms with E-state index in [4.69, 9.17) is 0 Å². The molecule has 3 N–H and O–H groups in total. The molecule has 0 aromatic rings. The van der Waals surface area contributed by atoms with E-state index in [1.807, 2.05) is 0 Å². The Labute approximate surface area is 120 Å². The van der Waals surface area contributed by atoms with Crippen molar-refractivity contribution in [1.82, 2.24) is 20.9 Å². The monoisotopic (exact) mass is 282 g/mol. The van der Waals surface area contributed by atoms with Gasteiger partial charge >= 0.3 is 6.03 Å². The Morgan fingerprint density at radius 2 is 2.00 bits per heavy atom. The van der Waals surface area contributed by atoms with Crippen LogP contribution in [-0.2, 0) is 4.79 Å². The van der Waals surface area contributed by atoms with Crippen LogP contribution in [-0.4, -0.2) is 55.6 Å². The molecule has 114 valence electrons. The molecular weight excluding hydrogens is 256 g/mol. The van der Waals surface area contributed by atoms with Gasteiger partial charge in [0.15, 0.2) is 0 Å². The smallest absolute Gasteiger partial charge is 0.321 e. The summed E-state index contributed by atoms with van der Waals surface area (Å²) in [7, 11) is 1.51. The molecule has 6 nitrogen and oxygen atoms in total. The van der Waals surface area contributed by atoms with E-state index in [1.165, 1.54) is 39.2 Å². The number of nitrogens with zero attached hydrogens (tertiary/aromatic N) is 1. The van der Waals surface area contributed by atoms with Gasteiger partial charge in [-0.2, -0.15) is 0 Å². The predicted molar refractivity (Wildman–Crippen MR) is 77.5 cm³/mol. The van der Waals surface area contributed by atoms with Crippen molar-refractivity contribution < 1.29 is 9.59 Å². The number of carbonyl (C=O) groups excluding carboxylic acids is 2. The lowest BCUT2D eigenvalue weighted by Gasteiger charge is -2.50. The maximum atomic E-state index is 11.7. The molecule has 20 heavy (non-hydrogen) atoms. The zero-order chi connectivity index (χ0) is 14.4. The Hall–Kier alpha value is -1.14. The van der Waals surface area contributed by atoms with Crippen LogP contribution < -0.4 is 16.0 Å². The molecule has 3 amide bonds. The first-order valence-electron chi connectivity index (χ1n) is 7.64. The maximum Gasteiger partial charge on any atom is 0.321 e. The van der Waals surface area contributed by atoms with E-state index in [2.05, 4.69) is 20.9 Å². The van der Waals surface area contributed by atoms with Crippen molar-refractivity contribution >= 4 is 11.9 Å². The normalized spacial score (nSPS) is 22.4. The Morgan fingerprint density at radius 3 is 2.70 bits per heavy atom. The summed E-state index contributed by atoms with van der Waals surface area (Å²) in [5.74, 6) is -0.200. The van der Waals surface area contributed by atoms with Gasteiger partial charge in [-0.15, -0.1) is 0 Å². The van der Waals surface area contributed by atoms with Crippen molar-refractivity contribution in [2.24, 2.45) is 0 Å². The standard InChI is InChI=1S/C14H26N4O2/c1-15-13(20)17-12(19)5-9-18-10-8-16-11-14(18)6-3-2-4-7-14/h16H,2-11H2,1H3,(H2,15,17,19,20). The fourth-order valence-corrected chi connectivity index (χ4v) is 3.42. The Morgan fingerprint density at radius 1 is 1.25 bits per heavy atom. The molecule has 1 aliphatic carbocycles. The fraction of sp³-hybridized carbons (Fsp3) is 0.857. The van der Waals surface area contributed by atoms with Crippen molar-refractivity contribution in [2.75, 3.05) is 33.2 Å². The van der Waals surface area contributed by atoms with Gasteiger partial charge in [0.1, 0.15) is 0 Å². The van der Waals surface area contributed by atoms with Crippen molar-refractivity contribution in [1.29, 1.82) is 0 Å². The van der Waals surface area contributed by atoms with E-state index in [0.29, 0.717) is 6.42 Å². The largest absolute Gasteiger partial charge is 0.341 e.